The van der Waals surface area contributed by atoms with Crippen molar-refractivity contribution in [3.8, 4) is 0 Å². The van der Waals surface area contributed by atoms with Crippen molar-refractivity contribution in [3.63, 3.8) is 0 Å². The molecule has 3 N–H and O–H groups in total. The molecule has 0 aromatic rings. The quantitative estimate of drug-likeness (QED) is 0.616. The van der Waals surface area contributed by atoms with Crippen molar-refractivity contribution in [2.24, 2.45) is 5.73 Å². The Morgan fingerprint density at radius 2 is 2.33 bits per heavy atom. The molecule has 2 atom stereocenters. The van der Waals surface area contributed by atoms with Gasteiger partial charge in [-0.2, -0.15) is 0 Å². The summed E-state index contributed by atoms with van der Waals surface area (Å²) in [4.78, 5) is 12.5. The van der Waals surface area contributed by atoms with Crippen LogP contribution in [0.2, 0.25) is 0 Å². The van der Waals surface area contributed by atoms with Crippen molar-refractivity contribution in [2.45, 2.75) is 31.5 Å². The summed E-state index contributed by atoms with van der Waals surface area (Å²) >= 11 is 0. The summed E-state index contributed by atoms with van der Waals surface area (Å²) in [7, 11) is 0. The Bertz CT molecular complexity index is 170. The highest BCUT2D eigenvalue weighted by molar-refractivity contribution is 5.73. The average Bonchev–Trinajstić information content (AvgIpc) is 2.04. The molecule has 1 aliphatic rings. The first-order valence-electron chi connectivity index (χ1n) is 4.20. The molecule has 1 heterocycles. The minimum absolute atomic E-state index is 0.397. The molecule has 0 aromatic heterocycles. The van der Waals surface area contributed by atoms with Crippen molar-refractivity contribution in [1.82, 2.24) is 4.90 Å². The van der Waals surface area contributed by atoms with Gasteiger partial charge in [0.2, 0.25) is 0 Å². The molecule has 0 amide bonds. The van der Waals surface area contributed by atoms with E-state index >= 15 is 0 Å². The van der Waals surface area contributed by atoms with Crippen molar-refractivity contribution in [2.75, 3.05) is 6.54 Å². The van der Waals surface area contributed by atoms with Crippen LogP contribution in [0.3, 0.4) is 0 Å². The van der Waals surface area contributed by atoms with E-state index in [-0.39, 0.29) is 0 Å². The van der Waals surface area contributed by atoms with Crippen LogP contribution in [-0.2, 0) is 4.79 Å². The third kappa shape index (κ3) is 1.95. The average molecular weight is 171 g/mol. The Morgan fingerprint density at radius 3 is 2.75 bits per heavy atom. The summed E-state index contributed by atoms with van der Waals surface area (Å²) < 4.78 is 0. The fraction of sp³-hybridized carbons (Fsp3) is 0.750. The van der Waals surface area contributed by atoms with Crippen LogP contribution in [0.25, 0.3) is 0 Å². The molecule has 4 heteroatoms. The standard InChI is InChI=1S/C8H15N2O2/c1-6(9)10-5-3-2-4-7(10)8(11)12/h6-7H,1-5,9H2,(H,11,12). The SMILES string of the molecule is [CH2]C(N)N1CCCCC1C(=O)O. The van der Waals surface area contributed by atoms with Crippen molar-refractivity contribution in [3.05, 3.63) is 6.92 Å². The van der Waals surface area contributed by atoms with Crippen LogP contribution in [0.4, 0.5) is 0 Å². The molecule has 2 unspecified atom stereocenters. The van der Waals surface area contributed by atoms with Crippen molar-refractivity contribution < 1.29 is 9.90 Å². The van der Waals surface area contributed by atoms with Crippen LogP contribution in [0.5, 0.6) is 0 Å². The van der Waals surface area contributed by atoms with Crippen LogP contribution in [-0.4, -0.2) is 34.7 Å². The molecule has 1 rings (SSSR count). The number of nitrogens with two attached hydrogens (primary N) is 1. The first-order chi connectivity index (χ1) is 5.63. The van der Waals surface area contributed by atoms with E-state index in [2.05, 4.69) is 6.92 Å². The van der Waals surface area contributed by atoms with E-state index in [1.807, 2.05) is 0 Å². The number of piperidine rings is 1. The zero-order valence-corrected chi connectivity index (χ0v) is 7.07. The predicted molar refractivity (Wildman–Crippen MR) is 45.3 cm³/mol. The van der Waals surface area contributed by atoms with E-state index in [1.54, 1.807) is 4.90 Å². The molecular formula is C8H15N2O2. The number of rotatable bonds is 2. The molecule has 0 spiro atoms. The second kappa shape index (κ2) is 3.87. The second-order valence-electron chi connectivity index (χ2n) is 3.15. The van der Waals surface area contributed by atoms with E-state index in [0.29, 0.717) is 6.42 Å². The lowest BCUT2D eigenvalue weighted by Gasteiger charge is -2.35. The topological polar surface area (TPSA) is 66.6 Å². The number of carbonyl (C=O) groups is 1. The maximum absolute atomic E-state index is 10.7. The lowest BCUT2D eigenvalue weighted by molar-refractivity contribution is -0.145. The molecule has 0 bridgehead atoms. The molecule has 1 fully saturated rings. The molecule has 1 saturated heterocycles. The molecule has 1 radical (unpaired) electrons. The fourth-order valence-electron chi connectivity index (χ4n) is 1.62. The minimum Gasteiger partial charge on any atom is -0.480 e. The normalized spacial score (nSPS) is 28.3. The maximum Gasteiger partial charge on any atom is 0.320 e. The maximum atomic E-state index is 10.7. The highest BCUT2D eigenvalue weighted by Crippen LogP contribution is 2.17. The van der Waals surface area contributed by atoms with E-state index in [4.69, 9.17) is 10.8 Å². The van der Waals surface area contributed by atoms with Crippen LogP contribution in [0.15, 0.2) is 0 Å². The molecule has 12 heavy (non-hydrogen) atoms. The van der Waals surface area contributed by atoms with E-state index in [0.717, 1.165) is 19.4 Å². The summed E-state index contributed by atoms with van der Waals surface area (Å²) in [6, 6.07) is -0.425. The van der Waals surface area contributed by atoms with Gasteiger partial charge in [0.05, 0.1) is 6.17 Å². The van der Waals surface area contributed by atoms with Crippen LogP contribution < -0.4 is 5.73 Å². The molecule has 1 aliphatic heterocycles. The molecular weight excluding hydrogens is 156 g/mol. The van der Waals surface area contributed by atoms with E-state index in [9.17, 15) is 4.79 Å². The molecule has 0 aromatic carbocycles. The van der Waals surface area contributed by atoms with Gasteiger partial charge in [0.25, 0.3) is 0 Å². The highest BCUT2D eigenvalue weighted by atomic mass is 16.4. The lowest BCUT2D eigenvalue weighted by Crippen LogP contribution is -2.52. The molecule has 69 valence electrons. The van der Waals surface area contributed by atoms with Gasteiger partial charge in [0.15, 0.2) is 0 Å². The number of nitrogens with zero attached hydrogens (tertiary/aromatic N) is 1. The van der Waals surface area contributed by atoms with Crippen LogP contribution in [0.1, 0.15) is 19.3 Å². The van der Waals surface area contributed by atoms with Crippen LogP contribution >= 0.6 is 0 Å². The monoisotopic (exact) mass is 171 g/mol. The lowest BCUT2D eigenvalue weighted by atomic mass is 10.0. The first kappa shape index (κ1) is 9.48. The van der Waals surface area contributed by atoms with E-state index < -0.39 is 18.2 Å². The second-order valence-corrected chi connectivity index (χ2v) is 3.15. The first-order valence-corrected chi connectivity index (χ1v) is 4.20. The summed E-state index contributed by atoms with van der Waals surface area (Å²) in [6.45, 7) is 4.39. The fourth-order valence-corrected chi connectivity index (χ4v) is 1.62. The van der Waals surface area contributed by atoms with Gasteiger partial charge in [-0.05, 0) is 19.8 Å². The number of hydrogen-bond acceptors (Lipinski definition) is 3. The predicted octanol–water partition coefficient (Wildman–Crippen LogP) is 0.0444. The number of likely N-dealkylation sites (tertiary alicyclic amines) is 1. The Labute approximate surface area is 72.3 Å². The minimum atomic E-state index is -0.784. The van der Waals surface area contributed by atoms with Crippen LogP contribution in [0, 0.1) is 6.92 Å². The Hall–Kier alpha value is -0.610. The van der Waals surface area contributed by atoms with Gasteiger partial charge >= 0.3 is 5.97 Å². The van der Waals surface area contributed by atoms with Gasteiger partial charge in [0.1, 0.15) is 6.04 Å². The van der Waals surface area contributed by atoms with Gasteiger partial charge < -0.3 is 10.8 Å². The summed E-state index contributed by atoms with van der Waals surface area (Å²) in [5.41, 5.74) is 5.55. The van der Waals surface area contributed by atoms with Gasteiger partial charge in [-0.1, -0.05) is 6.42 Å². The van der Waals surface area contributed by atoms with E-state index in [1.165, 1.54) is 0 Å². The van der Waals surface area contributed by atoms with Crippen molar-refractivity contribution in [1.29, 1.82) is 0 Å². The summed E-state index contributed by atoms with van der Waals surface area (Å²) in [5, 5.41) is 8.83. The van der Waals surface area contributed by atoms with Gasteiger partial charge in [-0.3, -0.25) is 9.69 Å². The van der Waals surface area contributed by atoms with Crippen molar-refractivity contribution >= 4 is 5.97 Å². The zero-order valence-electron chi connectivity index (χ0n) is 7.07. The summed E-state index contributed by atoms with van der Waals surface area (Å²) in [6.07, 6.45) is 2.29. The van der Waals surface area contributed by atoms with Gasteiger partial charge in [-0.25, -0.2) is 0 Å². The molecule has 4 nitrogen and oxygen atoms in total. The molecule has 0 saturated carbocycles. The number of carboxylic acid groups (broad SMARTS) is 1. The molecule has 0 aliphatic carbocycles. The third-order valence-corrected chi connectivity index (χ3v) is 2.26. The number of carboxylic acids is 1. The Morgan fingerprint density at radius 1 is 1.67 bits per heavy atom. The van der Waals surface area contributed by atoms with Gasteiger partial charge in [0, 0.05) is 6.54 Å². The summed E-state index contributed by atoms with van der Waals surface area (Å²) in [5.74, 6) is -0.784. The number of hydrogen-bond donors (Lipinski definition) is 2. The Kier molecular flexibility index (Phi) is 3.05. The largest absolute Gasteiger partial charge is 0.480 e. The van der Waals surface area contributed by atoms with Gasteiger partial charge in [-0.15, -0.1) is 0 Å². The Balaban J connectivity index is 2.60. The zero-order chi connectivity index (χ0) is 9.14. The third-order valence-electron chi connectivity index (χ3n) is 2.26. The smallest absolute Gasteiger partial charge is 0.320 e. The highest BCUT2D eigenvalue weighted by Gasteiger charge is 2.29. The number of aliphatic carboxylic acids is 1.